The third-order valence-electron chi connectivity index (χ3n) is 0.295. The molecule has 0 rings (SSSR count). The molecule has 0 unspecified atom stereocenters. The molecular weight excluding hydrogens is 64.4 g/mol. The largest absolute Gasteiger partial charge is 0.511 e. The summed E-state index contributed by atoms with van der Waals surface area (Å²) < 4.78 is 4.44. The van der Waals surface area contributed by atoms with Crippen LogP contribution in [0.2, 0.25) is 0 Å². The normalized spacial score (nSPS) is 6.60. The van der Waals surface area contributed by atoms with Crippen LogP contribution in [0.5, 0.6) is 0 Å². The molecule has 0 aliphatic rings. The van der Waals surface area contributed by atoms with Gasteiger partial charge >= 0.3 is 0 Å². The zero-order valence-corrected chi connectivity index (χ0v) is 3.27. The number of hydrogen-bond donors (Lipinski definition) is 1. The Kier molecular flexibility index (Phi) is 4.21. The van der Waals surface area contributed by atoms with E-state index in [1.807, 2.05) is 0 Å². The van der Waals surface area contributed by atoms with E-state index in [9.17, 15) is 0 Å². The molecule has 0 aromatic rings. The second kappa shape index (κ2) is 4.11. The minimum Gasteiger partial charge on any atom is -0.511 e. The highest BCUT2D eigenvalue weighted by molar-refractivity contribution is 6.94. The summed E-state index contributed by atoms with van der Waals surface area (Å²) in [5.41, 5.74) is 0. The molecule has 0 atom stereocenters. The molecule has 0 fully saturated rings. The Bertz CT molecular complexity index is 12.4. The van der Waals surface area contributed by atoms with E-state index in [0.29, 0.717) is 7.37 Å². The van der Waals surface area contributed by atoms with Gasteiger partial charge in [0.25, 0.3) is 14.7 Å². The van der Waals surface area contributed by atoms with Crippen LogP contribution in [0.1, 0.15) is 0 Å². The molecule has 0 spiro atoms. The van der Waals surface area contributed by atoms with Crippen molar-refractivity contribution >= 4 is 22.8 Å². The molecule has 0 aromatic heterocycles. The van der Waals surface area contributed by atoms with Crippen molar-refractivity contribution in [2.45, 2.75) is 0 Å². The highest BCUT2D eigenvalue weighted by Crippen LogP contribution is 1.45. The van der Waals surface area contributed by atoms with Crippen LogP contribution in [0.25, 0.3) is 0 Å². The molecule has 0 amide bonds. The van der Waals surface area contributed by atoms with Gasteiger partial charge in [-0.05, 0) is 0 Å². The summed E-state index contributed by atoms with van der Waals surface area (Å²) in [6, 6.07) is 0. The maximum atomic E-state index is 7.94. The summed E-state index contributed by atoms with van der Waals surface area (Å²) in [5, 5.41) is 7.94. The highest BCUT2D eigenvalue weighted by atomic mass is 16.4. The van der Waals surface area contributed by atoms with Gasteiger partial charge in [0, 0.05) is 0 Å². The van der Waals surface area contributed by atoms with E-state index >= 15 is 0 Å². The van der Waals surface area contributed by atoms with E-state index in [0.717, 1.165) is 0 Å². The van der Waals surface area contributed by atoms with Crippen molar-refractivity contribution in [3.63, 3.8) is 0 Å². The van der Waals surface area contributed by atoms with Gasteiger partial charge in [-0.2, -0.15) is 0 Å². The van der Waals surface area contributed by atoms with Gasteiger partial charge < -0.3 is 9.60 Å². The van der Waals surface area contributed by atoms with Crippen molar-refractivity contribution in [1.82, 2.24) is 0 Å². The van der Waals surface area contributed by atoms with Gasteiger partial charge in [0.1, 0.15) is 0 Å². The Labute approximate surface area is 33.5 Å². The highest BCUT2D eigenvalue weighted by Gasteiger charge is 1.79. The number of rotatable bonds is 2. The van der Waals surface area contributed by atoms with Crippen LogP contribution in [0, 0.1) is 0 Å². The van der Waals surface area contributed by atoms with Gasteiger partial charge in [0.05, 0.1) is 0 Å². The SMILES string of the molecule is BOBBO. The van der Waals surface area contributed by atoms with E-state index in [2.05, 4.69) is 4.57 Å². The van der Waals surface area contributed by atoms with Crippen LogP contribution in [0.15, 0.2) is 0 Å². The second-order valence-electron chi connectivity index (χ2n) is 0.716. The van der Waals surface area contributed by atoms with Crippen molar-refractivity contribution in [1.29, 1.82) is 0 Å². The Morgan fingerprint density at radius 1 is 1.80 bits per heavy atom. The smallest absolute Gasteiger partial charge is 0.264 e. The van der Waals surface area contributed by atoms with Crippen molar-refractivity contribution in [2.75, 3.05) is 0 Å². The molecule has 2 nitrogen and oxygen atoms in total. The van der Waals surface area contributed by atoms with E-state index in [1.165, 1.54) is 0 Å². The van der Waals surface area contributed by atoms with Crippen LogP contribution >= 0.6 is 0 Å². The van der Waals surface area contributed by atoms with Crippen LogP contribution in [-0.2, 0) is 4.57 Å². The Hall–Kier alpha value is 0.115. The molecule has 0 heterocycles. The summed E-state index contributed by atoms with van der Waals surface area (Å²) in [5.74, 6) is 0. The van der Waals surface area contributed by atoms with E-state index < -0.39 is 0 Å². The third-order valence-corrected chi connectivity index (χ3v) is 0.295. The van der Waals surface area contributed by atoms with Gasteiger partial charge in [0.2, 0.25) is 8.05 Å². The molecule has 5 heteroatoms. The topological polar surface area (TPSA) is 29.5 Å². The molecule has 0 aromatic carbocycles. The summed E-state index contributed by atoms with van der Waals surface area (Å²) in [7, 11) is 2.12. The molecule has 0 saturated carbocycles. The van der Waals surface area contributed by atoms with Crippen LogP contribution < -0.4 is 0 Å². The maximum absolute atomic E-state index is 7.94. The standard InChI is InChI=1S/B3H5O2/c1-5-3-2-4/h2-4H,1H2. The van der Waals surface area contributed by atoms with Crippen LogP contribution in [0.3, 0.4) is 0 Å². The van der Waals surface area contributed by atoms with Crippen molar-refractivity contribution in [3.05, 3.63) is 0 Å². The van der Waals surface area contributed by atoms with Gasteiger partial charge in [-0.25, -0.2) is 0 Å². The zero-order chi connectivity index (χ0) is 4.12. The zero-order valence-electron chi connectivity index (χ0n) is 3.27. The van der Waals surface area contributed by atoms with Crippen molar-refractivity contribution < 1.29 is 9.60 Å². The van der Waals surface area contributed by atoms with Gasteiger partial charge in [-0.1, -0.05) is 0 Å². The molecular formula is H5B3O2. The summed E-state index contributed by atoms with van der Waals surface area (Å²) in [4.78, 5) is 0. The molecule has 1 N–H and O–H groups in total. The van der Waals surface area contributed by atoms with Crippen molar-refractivity contribution in [3.8, 4) is 0 Å². The monoisotopic (exact) mass is 70.1 g/mol. The molecule has 0 bridgehead atoms. The minimum atomic E-state index is 0.122. The fraction of sp³-hybridized carbons (Fsp3) is 0. The average Bonchev–Trinajstić information content (AvgIpc) is 1.41. The molecule has 26 valence electrons. The molecule has 0 aliphatic carbocycles. The first-order valence-electron chi connectivity index (χ1n) is 1.51. The Morgan fingerprint density at radius 3 is 2.40 bits per heavy atom. The van der Waals surface area contributed by atoms with Crippen molar-refractivity contribution in [2.24, 2.45) is 0 Å². The van der Waals surface area contributed by atoms with Gasteiger partial charge in [-0.3, -0.25) is 0 Å². The summed E-state index contributed by atoms with van der Waals surface area (Å²) in [6.07, 6.45) is 0. The molecule has 0 saturated heterocycles. The van der Waals surface area contributed by atoms with Crippen LogP contribution in [0.4, 0.5) is 0 Å². The molecule has 0 radical (unpaired) electrons. The lowest BCUT2D eigenvalue weighted by Crippen LogP contribution is -2.04. The summed E-state index contributed by atoms with van der Waals surface area (Å²) in [6.45, 7) is 0. The number of hydrogen-bond acceptors (Lipinski definition) is 2. The van der Waals surface area contributed by atoms with Gasteiger partial charge in [-0.15, -0.1) is 0 Å². The van der Waals surface area contributed by atoms with E-state index in [4.69, 9.17) is 5.02 Å². The molecule has 5 heavy (non-hydrogen) atoms. The fourth-order valence-corrected chi connectivity index (χ4v) is 0.0913. The predicted molar refractivity (Wildman–Crippen MR) is 26.1 cm³/mol. The van der Waals surface area contributed by atoms with Gasteiger partial charge in [0.15, 0.2) is 0 Å². The molecule has 0 aliphatic heterocycles. The maximum Gasteiger partial charge on any atom is 0.264 e. The lowest BCUT2D eigenvalue weighted by atomic mass is 9.64. The lowest BCUT2D eigenvalue weighted by molar-refractivity contribution is 0.604. The fourth-order valence-electron chi connectivity index (χ4n) is 0.0913. The minimum absolute atomic E-state index is 0.122. The first-order valence-corrected chi connectivity index (χ1v) is 1.51. The van der Waals surface area contributed by atoms with E-state index in [-0.39, 0.29) is 7.37 Å². The Morgan fingerprint density at radius 2 is 2.40 bits per heavy atom. The first-order chi connectivity index (χ1) is 2.41. The quantitative estimate of drug-likeness (QED) is 0.354. The lowest BCUT2D eigenvalue weighted by Gasteiger charge is -1.79. The second-order valence-corrected chi connectivity index (χ2v) is 0.716. The third kappa shape index (κ3) is 4.11. The average molecular weight is 69.5 g/mol. The van der Waals surface area contributed by atoms with E-state index in [1.54, 1.807) is 8.05 Å². The summed E-state index contributed by atoms with van der Waals surface area (Å²) >= 11 is 0. The van der Waals surface area contributed by atoms with Crippen LogP contribution in [-0.4, -0.2) is 27.8 Å². The Balaban J connectivity index is 2.19. The first kappa shape index (κ1) is 5.11. The predicted octanol–water partition coefficient (Wildman–Crippen LogP) is -2.84.